The topological polar surface area (TPSA) is 37.3 Å². The van der Waals surface area contributed by atoms with Crippen LogP contribution in [0.15, 0.2) is 11.6 Å². The fraction of sp³-hybridized carbons (Fsp3) is 0.903. The molecule has 0 heterocycles. The third-order valence-corrected chi connectivity index (χ3v) is 12.1. The summed E-state index contributed by atoms with van der Waals surface area (Å²) >= 11 is 0. The number of rotatable bonds is 7. The van der Waals surface area contributed by atoms with E-state index in [1.165, 1.54) is 51.2 Å². The van der Waals surface area contributed by atoms with Crippen LogP contribution >= 0.6 is 0 Å². The molecule has 3 saturated carbocycles. The molecule has 188 valence electrons. The SMILES string of the molecule is CC(C)CCC[C@@H](C)[C@H]1CC[C@@]2(CC=O)C3=CC[C@H]4C(C)(C)[C@@H](O)CC[C@]4(C)[C@H]3CC[C@]12C. The number of aldehydes is 1. The van der Waals surface area contributed by atoms with Crippen LogP contribution in [0.4, 0.5) is 0 Å². The maximum atomic E-state index is 12.2. The van der Waals surface area contributed by atoms with Gasteiger partial charge in [-0.15, -0.1) is 0 Å². The van der Waals surface area contributed by atoms with Crippen molar-refractivity contribution in [3.63, 3.8) is 0 Å². The average Bonchev–Trinajstić information content (AvgIpc) is 3.04. The van der Waals surface area contributed by atoms with Gasteiger partial charge >= 0.3 is 0 Å². The molecule has 0 aromatic heterocycles. The minimum Gasteiger partial charge on any atom is -0.393 e. The molecule has 0 unspecified atom stereocenters. The molecule has 0 spiro atoms. The van der Waals surface area contributed by atoms with Gasteiger partial charge in [-0.2, -0.15) is 0 Å². The van der Waals surface area contributed by atoms with Gasteiger partial charge in [-0.05, 0) is 90.8 Å². The predicted molar refractivity (Wildman–Crippen MR) is 138 cm³/mol. The zero-order valence-corrected chi connectivity index (χ0v) is 22.8. The molecule has 0 aromatic rings. The van der Waals surface area contributed by atoms with Gasteiger partial charge in [-0.1, -0.05) is 79.4 Å². The summed E-state index contributed by atoms with van der Waals surface area (Å²) in [5.74, 6) is 3.40. The summed E-state index contributed by atoms with van der Waals surface area (Å²) in [7, 11) is 0. The molecule has 4 aliphatic carbocycles. The highest BCUT2D eigenvalue weighted by molar-refractivity contribution is 5.54. The van der Waals surface area contributed by atoms with Crippen LogP contribution < -0.4 is 0 Å². The van der Waals surface area contributed by atoms with Gasteiger partial charge in [0.2, 0.25) is 0 Å². The molecular formula is C31H52O2. The quantitative estimate of drug-likeness (QED) is 0.311. The van der Waals surface area contributed by atoms with Gasteiger partial charge in [0.15, 0.2) is 0 Å². The van der Waals surface area contributed by atoms with E-state index in [4.69, 9.17) is 0 Å². The van der Waals surface area contributed by atoms with Crippen LogP contribution in [-0.4, -0.2) is 17.5 Å². The first-order chi connectivity index (χ1) is 15.4. The Morgan fingerprint density at radius 1 is 1.03 bits per heavy atom. The lowest BCUT2D eigenvalue weighted by Gasteiger charge is -2.64. The Balaban J connectivity index is 1.67. The molecule has 0 saturated heterocycles. The highest BCUT2D eigenvalue weighted by atomic mass is 16.3. The third-order valence-electron chi connectivity index (χ3n) is 12.1. The largest absolute Gasteiger partial charge is 0.393 e. The Kier molecular flexibility index (Phi) is 6.78. The molecule has 4 rings (SSSR count). The van der Waals surface area contributed by atoms with Crippen molar-refractivity contribution in [3.05, 3.63) is 11.6 Å². The lowest BCUT2D eigenvalue weighted by molar-refractivity contribution is -0.135. The summed E-state index contributed by atoms with van der Waals surface area (Å²) in [4.78, 5) is 12.2. The number of hydrogen-bond donors (Lipinski definition) is 1. The molecule has 4 aliphatic rings. The Morgan fingerprint density at radius 3 is 2.42 bits per heavy atom. The van der Waals surface area contributed by atoms with E-state index in [-0.39, 0.29) is 27.8 Å². The first kappa shape index (κ1) is 25.5. The second-order valence-corrected chi connectivity index (χ2v) is 14.2. The number of hydrogen-bond acceptors (Lipinski definition) is 2. The van der Waals surface area contributed by atoms with Crippen molar-refractivity contribution < 1.29 is 9.90 Å². The fourth-order valence-corrected chi connectivity index (χ4v) is 10.1. The first-order valence-corrected chi connectivity index (χ1v) is 14.3. The van der Waals surface area contributed by atoms with E-state index in [9.17, 15) is 9.90 Å². The molecule has 0 bridgehead atoms. The normalized spacial score (nSPS) is 45.1. The zero-order chi connectivity index (χ0) is 24.2. The molecule has 2 heteroatoms. The second kappa shape index (κ2) is 8.79. The highest BCUT2D eigenvalue weighted by Crippen LogP contribution is 2.74. The molecule has 33 heavy (non-hydrogen) atoms. The van der Waals surface area contributed by atoms with Crippen molar-refractivity contribution in [2.75, 3.05) is 0 Å². The molecule has 1 N–H and O–H groups in total. The van der Waals surface area contributed by atoms with E-state index in [1.807, 2.05) is 0 Å². The molecule has 0 aliphatic heterocycles. The first-order valence-electron chi connectivity index (χ1n) is 14.3. The number of carbonyl (C=O) groups excluding carboxylic acids is 1. The van der Waals surface area contributed by atoms with E-state index in [2.05, 4.69) is 54.5 Å². The summed E-state index contributed by atoms with van der Waals surface area (Å²) in [5.41, 5.74) is 2.22. The van der Waals surface area contributed by atoms with Crippen molar-refractivity contribution in [1.29, 1.82) is 0 Å². The fourth-order valence-electron chi connectivity index (χ4n) is 10.1. The van der Waals surface area contributed by atoms with Gasteiger partial charge in [0.05, 0.1) is 6.10 Å². The molecular weight excluding hydrogens is 404 g/mol. The van der Waals surface area contributed by atoms with Gasteiger partial charge in [-0.25, -0.2) is 0 Å². The number of aliphatic hydroxyl groups is 1. The van der Waals surface area contributed by atoms with Gasteiger partial charge < -0.3 is 9.90 Å². The average molecular weight is 457 g/mol. The van der Waals surface area contributed by atoms with Crippen LogP contribution in [0.2, 0.25) is 0 Å². The van der Waals surface area contributed by atoms with Crippen molar-refractivity contribution >= 4 is 6.29 Å². The number of allylic oxidation sites excluding steroid dienone is 2. The molecule has 2 nitrogen and oxygen atoms in total. The monoisotopic (exact) mass is 456 g/mol. The van der Waals surface area contributed by atoms with Crippen molar-refractivity contribution in [2.45, 2.75) is 125 Å². The van der Waals surface area contributed by atoms with Crippen LogP contribution in [0.3, 0.4) is 0 Å². The minimum atomic E-state index is -0.189. The molecule has 0 amide bonds. The number of aliphatic hydroxyl groups excluding tert-OH is 1. The summed E-state index contributed by atoms with van der Waals surface area (Å²) in [5, 5.41) is 10.8. The Morgan fingerprint density at radius 2 is 1.76 bits per heavy atom. The van der Waals surface area contributed by atoms with Crippen LogP contribution in [-0.2, 0) is 4.79 Å². The van der Waals surface area contributed by atoms with Crippen molar-refractivity contribution in [3.8, 4) is 0 Å². The van der Waals surface area contributed by atoms with E-state index < -0.39 is 0 Å². The molecule has 8 atom stereocenters. The van der Waals surface area contributed by atoms with Gasteiger partial charge in [0.25, 0.3) is 0 Å². The van der Waals surface area contributed by atoms with Gasteiger partial charge in [-0.3, -0.25) is 0 Å². The number of fused-ring (bicyclic) bond motifs is 5. The van der Waals surface area contributed by atoms with Crippen LogP contribution in [0.25, 0.3) is 0 Å². The number of carbonyl (C=O) groups is 1. The Bertz CT molecular complexity index is 765. The zero-order valence-electron chi connectivity index (χ0n) is 22.8. The summed E-state index contributed by atoms with van der Waals surface area (Å²) < 4.78 is 0. The highest BCUT2D eigenvalue weighted by Gasteiger charge is 2.66. The maximum Gasteiger partial charge on any atom is 0.120 e. The molecule has 3 fully saturated rings. The van der Waals surface area contributed by atoms with Gasteiger partial charge in [0, 0.05) is 11.8 Å². The van der Waals surface area contributed by atoms with Gasteiger partial charge in [0.1, 0.15) is 6.29 Å². The van der Waals surface area contributed by atoms with Crippen molar-refractivity contribution in [2.24, 2.45) is 51.2 Å². The Hall–Kier alpha value is -0.630. The lowest BCUT2D eigenvalue weighted by atomic mass is 9.40. The maximum absolute atomic E-state index is 12.2. The molecule has 0 aromatic carbocycles. The standard InChI is InChI=1S/C31H52O2/c1-21(2)9-8-10-22(3)23-14-18-31(19-20-32)25-11-12-26-28(4,5)27(33)15-16-29(26,6)24(25)13-17-30(23,31)7/h11,20-24,26-27,33H,8-10,12-19H2,1-7H3/t22-,23-,24+,26+,27+,29-,30-,31-/m1/s1. The minimum absolute atomic E-state index is 0.0310. The van der Waals surface area contributed by atoms with Crippen LogP contribution in [0.1, 0.15) is 119 Å². The lowest BCUT2D eigenvalue weighted by Crippen LogP contribution is -2.58. The van der Waals surface area contributed by atoms with Crippen LogP contribution in [0.5, 0.6) is 0 Å². The predicted octanol–water partition coefficient (Wildman–Crippen LogP) is 7.98. The third kappa shape index (κ3) is 3.71. The molecule has 0 radical (unpaired) electrons. The van der Waals surface area contributed by atoms with Crippen molar-refractivity contribution in [1.82, 2.24) is 0 Å². The Labute approximate surface area is 204 Å². The second-order valence-electron chi connectivity index (χ2n) is 14.2. The van der Waals surface area contributed by atoms with E-state index in [1.54, 1.807) is 5.57 Å². The van der Waals surface area contributed by atoms with E-state index in [0.717, 1.165) is 37.0 Å². The van der Waals surface area contributed by atoms with E-state index >= 15 is 0 Å². The summed E-state index contributed by atoms with van der Waals surface area (Å²) in [6.45, 7) is 16.9. The van der Waals surface area contributed by atoms with Crippen LogP contribution in [0, 0.1) is 51.2 Å². The summed E-state index contributed by atoms with van der Waals surface area (Å²) in [6, 6.07) is 0. The smallest absolute Gasteiger partial charge is 0.120 e. The van der Waals surface area contributed by atoms with E-state index in [0.29, 0.717) is 18.3 Å². The summed E-state index contributed by atoms with van der Waals surface area (Å²) in [6.07, 6.45) is 16.6.